The number of halogens is 4. The molecule has 0 saturated heterocycles. The predicted molar refractivity (Wildman–Crippen MR) is 102 cm³/mol. The first-order chi connectivity index (χ1) is 13.7. The van der Waals surface area contributed by atoms with E-state index in [0.29, 0.717) is 27.4 Å². The van der Waals surface area contributed by atoms with Crippen LogP contribution in [0, 0.1) is 18.8 Å². The second-order valence-corrected chi connectivity index (χ2v) is 6.90. The Balaban J connectivity index is 1.98. The molecule has 0 saturated carbocycles. The van der Waals surface area contributed by atoms with Gasteiger partial charge >= 0.3 is 6.18 Å². The Bertz CT molecular complexity index is 1270. The number of aryl methyl sites for hydroxylation is 1. The number of benzene rings is 3. The number of nitrogens with zero attached hydrogens (tertiary/aromatic N) is 1. The smallest absolute Gasteiger partial charge is 0.366 e. The highest BCUT2D eigenvalue weighted by molar-refractivity contribution is 6.17. The van der Waals surface area contributed by atoms with E-state index < -0.39 is 23.5 Å². The summed E-state index contributed by atoms with van der Waals surface area (Å²) in [4.78, 5) is 11.9. The molecule has 0 aliphatic heterocycles. The summed E-state index contributed by atoms with van der Waals surface area (Å²) >= 11 is 0. The molecule has 147 valence electrons. The number of nitrogens with two attached hydrogens (primary N) is 1. The monoisotopic (exact) mass is 399 g/mol. The third-order valence-electron chi connectivity index (χ3n) is 4.88. The lowest BCUT2D eigenvalue weighted by atomic mass is 10.1. The van der Waals surface area contributed by atoms with Crippen molar-refractivity contribution < 1.29 is 22.4 Å². The zero-order valence-corrected chi connectivity index (χ0v) is 15.3. The van der Waals surface area contributed by atoms with E-state index >= 15 is 0 Å². The molecule has 1 radical (unpaired) electrons. The van der Waals surface area contributed by atoms with E-state index in [0.717, 1.165) is 17.7 Å². The van der Waals surface area contributed by atoms with E-state index in [1.54, 1.807) is 28.8 Å². The molecule has 4 rings (SSSR count). The summed E-state index contributed by atoms with van der Waals surface area (Å²) in [6.45, 7) is 1.93. The lowest BCUT2D eigenvalue weighted by Gasteiger charge is -2.12. The van der Waals surface area contributed by atoms with Crippen LogP contribution in [0.2, 0.25) is 0 Å². The summed E-state index contributed by atoms with van der Waals surface area (Å²) in [7, 11) is 0. The van der Waals surface area contributed by atoms with Gasteiger partial charge in [-0.15, -0.1) is 0 Å². The highest BCUT2D eigenvalue weighted by Crippen LogP contribution is 2.35. The molecule has 0 aliphatic carbocycles. The number of fused-ring (bicyclic) bond motifs is 3. The van der Waals surface area contributed by atoms with Crippen LogP contribution in [0.3, 0.4) is 0 Å². The average Bonchev–Trinajstić information content (AvgIpc) is 2.95. The molecule has 7 heteroatoms. The first-order valence-corrected chi connectivity index (χ1v) is 8.75. The van der Waals surface area contributed by atoms with E-state index in [9.17, 15) is 22.4 Å². The normalized spacial score (nSPS) is 12.0. The van der Waals surface area contributed by atoms with Crippen molar-refractivity contribution in [3.8, 4) is 0 Å². The lowest BCUT2D eigenvalue weighted by molar-refractivity contribution is -0.140. The first-order valence-electron chi connectivity index (χ1n) is 8.75. The molecule has 0 unspecified atom stereocenters. The van der Waals surface area contributed by atoms with Gasteiger partial charge in [0.1, 0.15) is 5.82 Å². The van der Waals surface area contributed by atoms with E-state index in [1.807, 2.05) is 13.0 Å². The zero-order valence-electron chi connectivity index (χ0n) is 15.3. The topological polar surface area (TPSA) is 48.0 Å². The Morgan fingerprint density at radius 1 is 1.14 bits per heavy atom. The number of rotatable bonds is 3. The van der Waals surface area contributed by atoms with Crippen molar-refractivity contribution in [3.05, 3.63) is 82.7 Å². The summed E-state index contributed by atoms with van der Waals surface area (Å²) in [6, 6.07) is 14.7. The van der Waals surface area contributed by atoms with Crippen LogP contribution in [0.15, 0.2) is 48.5 Å². The molecule has 0 spiro atoms. The number of carbonyl (C=O) groups excluding carboxylic acids is 1. The van der Waals surface area contributed by atoms with Gasteiger partial charge in [0.25, 0.3) is 0 Å². The van der Waals surface area contributed by atoms with Crippen molar-refractivity contribution in [2.45, 2.75) is 19.6 Å². The van der Waals surface area contributed by atoms with E-state index in [1.165, 1.54) is 6.07 Å². The number of amides is 1. The van der Waals surface area contributed by atoms with Gasteiger partial charge in [0.2, 0.25) is 5.91 Å². The molecule has 3 nitrogen and oxygen atoms in total. The fourth-order valence-electron chi connectivity index (χ4n) is 3.61. The standard InChI is InChI=1S/C22H15F4N2O/c1-12-5-7-14-19(9-12)28(18-4-2-3-15(20(14)18)21(27)29)11-13-6-8-17(23)16(10-13)22(24,25)26/h2-6,8-10H,11H2,1H3,(H2,27,29). The van der Waals surface area contributed by atoms with Gasteiger partial charge in [-0.1, -0.05) is 18.2 Å². The largest absolute Gasteiger partial charge is 0.419 e. The van der Waals surface area contributed by atoms with Crippen LogP contribution >= 0.6 is 0 Å². The van der Waals surface area contributed by atoms with E-state index in [4.69, 9.17) is 5.73 Å². The van der Waals surface area contributed by atoms with E-state index in [2.05, 4.69) is 6.07 Å². The summed E-state index contributed by atoms with van der Waals surface area (Å²) in [5.41, 5.74) is 7.03. The number of aromatic nitrogens is 1. The number of carbonyl (C=O) groups is 1. The summed E-state index contributed by atoms with van der Waals surface area (Å²) in [5.74, 6) is -1.92. The maximum absolute atomic E-state index is 13.7. The van der Waals surface area contributed by atoms with Gasteiger partial charge in [0.15, 0.2) is 0 Å². The molecule has 0 aliphatic rings. The molecule has 0 atom stereocenters. The summed E-state index contributed by atoms with van der Waals surface area (Å²) < 4.78 is 54.8. The van der Waals surface area contributed by atoms with Crippen molar-refractivity contribution >= 4 is 27.7 Å². The molecule has 3 aromatic carbocycles. The molecule has 4 aromatic rings. The molecule has 1 aromatic heterocycles. The third kappa shape index (κ3) is 3.22. The second-order valence-electron chi connectivity index (χ2n) is 6.90. The maximum Gasteiger partial charge on any atom is 0.419 e. The van der Waals surface area contributed by atoms with Crippen LogP contribution in [-0.2, 0) is 12.7 Å². The maximum atomic E-state index is 13.7. The minimum Gasteiger partial charge on any atom is -0.366 e. The Morgan fingerprint density at radius 3 is 2.59 bits per heavy atom. The van der Waals surface area contributed by atoms with Crippen LogP contribution in [0.4, 0.5) is 17.6 Å². The van der Waals surface area contributed by atoms with Gasteiger partial charge in [0, 0.05) is 22.9 Å². The van der Waals surface area contributed by atoms with Crippen molar-refractivity contribution in [2.24, 2.45) is 5.73 Å². The molecular weight excluding hydrogens is 384 g/mol. The van der Waals surface area contributed by atoms with Crippen molar-refractivity contribution in [2.75, 3.05) is 0 Å². The number of primary amides is 1. The molecule has 0 bridgehead atoms. The molecular formula is C22H15F4N2O. The minimum absolute atomic E-state index is 0.0584. The van der Waals surface area contributed by atoms with E-state index in [-0.39, 0.29) is 12.1 Å². The molecule has 2 N–H and O–H groups in total. The fourth-order valence-corrected chi connectivity index (χ4v) is 3.61. The highest BCUT2D eigenvalue weighted by Gasteiger charge is 2.34. The van der Waals surface area contributed by atoms with Gasteiger partial charge < -0.3 is 10.3 Å². The minimum atomic E-state index is -4.79. The molecule has 1 heterocycles. The van der Waals surface area contributed by atoms with Crippen LogP contribution in [0.25, 0.3) is 21.8 Å². The van der Waals surface area contributed by atoms with Gasteiger partial charge in [-0.3, -0.25) is 4.79 Å². The third-order valence-corrected chi connectivity index (χ3v) is 4.88. The van der Waals surface area contributed by atoms with Crippen LogP contribution in [-0.4, -0.2) is 10.5 Å². The molecule has 0 fully saturated rings. The summed E-state index contributed by atoms with van der Waals surface area (Å²) in [5, 5.41) is 1.24. The van der Waals surface area contributed by atoms with Crippen LogP contribution < -0.4 is 5.73 Å². The van der Waals surface area contributed by atoms with Crippen LogP contribution in [0.1, 0.15) is 27.0 Å². The van der Waals surface area contributed by atoms with Crippen molar-refractivity contribution in [1.82, 2.24) is 4.57 Å². The Hall–Kier alpha value is -3.35. The predicted octanol–water partition coefficient (Wildman–Crippen LogP) is 5.21. The Morgan fingerprint density at radius 2 is 1.90 bits per heavy atom. The Labute approximate surface area is 163 Å². The quantitative estimate of drug-likeness (QED) is 0.473. The lowest BCUT2D eigenvalue weighted by Crippen LogP contribution is -2.11. The fraction of sp³-hybridized carbons (Fsp3) is 0.136. The number of alkyl halides is 3. The second kappa shape index (κ2) is 6.62. The zero-order chi connectivity index (χ0) is 20.9. The number of hydrogen-bond acceptors (Lipinski definition) is 1. The van der Waals surface area contributed by atoms with Gasteiger partial charge in [-0.05, 0) is 54.4 Å². The molecule has 1 amide bonds. The first kappa shape index (κ1) is 19.0. The van der Waals surface area contributed by atoms with Crippen molar-refractivity contribution in [3.63, 3.8) is 0 Å². The van der Waals surface area contributed by atoms with Gasteiger partial charge in [-0.2, -0.15) is 13.2 Å². The van der Waals surface area contributed by atoms with Gasteiger partial charge in [-0.25, -0.2) is 4.39 Å². The van der Waals surface area contributed by atoms with Gasteiger partial charge in [0.05, 0.1) is 16.6 Å². The van der Waals surface area contributed by atoms with Crippen molar-refractivity contribution in [1.29, 1.82) is 0 Å². The Kier molecular flexibility index (Phi) is 4.33. The van der Waals surface area contributed by atoms with Crippen LogP contribution in [0.5, 0.6) is 0 Å². The highest BCUT2D eigenvalue weighted by atomic mass is 19.4. The molecule has 29 heavy (non-hydrogen) atoms. The number of hydrogen-bond donors (Lipinski definition) is 1. The SMILES string of the molecule is Cc1c[c]c2c3c(C(N)=O)cccc3n(Cc3ccc(F)c(C(F)(F)F)c3)c2c1. The summed E-state index contributed by atoms with van der Waals surface area (Å²) in [6.07, 6.45) is -4.79. The average molecular weight is 399 g/mol.